The molecular formula is C31H28N4O3S. The molecule has 7 nitrogen and oxygen atoms in total. The number of carbonyl (C=O) groups excluding carboxylic acids is 1. The van der Waals surface area contributed by atoms with E-state index in [1.165, 1.54) is 35.1 Å². The first-order valence-electron chi connectivity index (χ1n) is 13.3. The number of carbonyl (C=O) groups is 1. The summed E-state index contributed by atoms with van der Waals surface area (Å²) in [5, 5.41) is 4.49. The lowest BCUT2D eigenvalue weighted by Crippen LogP contribution is -2.32. The molecule has 0 unspecified atom stereocenters. The molecule has 5 aromatic rings. The van der Waals surface area contributed by atoms with Crippen molar-refractivity contribution in [3.8, 4) is 17.1 Å². The number of benzene rings is 3. The molecule has 0 saturated carbocycles. The van der Waals surface area contributed by atoms with Crippen LogP contribution in [0.25, 0.3) is 21.9 Å². The van der Waals surface area contributed by atoms with Gasteiger partial charge in [0, 0.05) is 11.1 Å². The minimum absolute atomic E-state index is 0.188. The molecule has 0 spiro atoms. The number of thiazole rings is 1. The fourth-order valence-corrected chi connectivity index (χ4v) is 5.85. The van der Waals surface area contributed by atoms with Gasteiger partial charge in [-0.05, 0) is 42.3 Å². The van der Waals surface area contributed by atoms with E-state index in [-0.39, 0.29) is 11.5 Å². The van der Waals surface area contributed by atoms with E-state index in [4.69, 9.17) is 4.74 Å². The van der Waals surface area contributed by atoms with E-state index in [2.05, 4.69) is 17.0 Å². The summed E-state index contributed by atoms with van der Waals surface area (Å²) in [6.07, 6.45) is 4.64. The lowest BCUT2D eigenvalue weighted by molar-refractivity contribution is -0.113. The standard InChI is InChI=1S/C31H28N4O3S/c1-2-3-4-10-19-38-23-17-15-22(16-18-23)28-32-31-35(33-28)30(37)27(39-31)26-24-13-8-9-14-25(24)34(29(26)36)20-21-11-6-5-7-12-21/h5-9,11-18H,2-4,10,19-20H2,1H3. The van der Waals surface area contributed by atoms with Crippen molar-refractivity contribution >= 4 is 33.5 Å². The number of amides is 1. The molecule has 0 fully saturated rings. The number of ether oxygens (including phenoxy) is 1. The Morgan fingerprint density at radius 1 is 0.872 bits per heavy atom. The fraction of sp³-hybridized carbons (Fsp3) is 0.226. The summed E-state index contributed by atoms with van der Waals surface area (Å²) in [6.45, 7) is 3.32. The largest absolute Gasteiger partial charge is 0.494 e. The topological polar surface area (TPSA) is 76.8 Å². The maximum atomic E-state index is 13.7. The third-order valence-corrected chi connectivity index (χ3v) is 7.90. The molecule has 196 valence electrons. The van der Waals surface area contributed by atoms with Gasteiger partial charge in [-0.25, -0.2) is 0 Å². The van der Waals surface area contributed by atoms with Gasteiger partial charge in [-0.3, -0.25) is 9.59 Å². The summed E-state index contributed by atoms with van der Waals surface area (Å²) in [5.74, 6) is 1.08. The molecular weight excluding hydrogens is 508 g/mol. The van der Waals surface area contributed by atoms with Crippen LogP contribution >= 0.6 is 11.3 Å². The highest BCUT2D eigenvalue weighted by Gasteiger charge is 2.34. The zero-order valence-electron chi connectivity index (χ0n) is 21.7. The second kappa shape index (κ2) is 10.8. The van der Waals surface area contributed by atoms with Crippen LogP contribution in [-0.2, 0) is 11.3 Å². The van der Waals surface area contributed by atoms with Crippen LogP contribution in [0.1, 0.15) is 43.7 Å². The molecule has 0 saturated heterocycles. The number of unbranched alkanes of at least 4 members (excludes halogenated alkanes) is 3. The van der Waals surface area contributed by atoms with Crippen molar-refractivity contribution in [2.75, 3.05) is 11.5 Å². The Morgan fingerprint density at radius 2 is 1.64 bits per heavy atom. The van der Waals surface area contributed by atoms with Crippen molar-refractivity contribution in [3.63, 3.8) is 0 Å². The zero-order chi connectivity index (χ0) is 26.8. The van der Waals surface area contributed by atoms with Crippen molar-refractivity contribution in [3.05, 3.63) is 105 Å². The first-order valence-corrected chi connectivity index (χ1v) is 14.1. The molecule has 0 N–H and O–H groups in total. The molecule has 1 amide bonds. The average molecular weight is 537 g/mol. The number of nitrogens with zero attached hydrogens (tertiary/aromatic N) is 4. The average Bonchev–Trinajstić information content (AvgIpc) is 3.60. The van der Waals surface area contributed by atoms with Crippen LogP contribution in [0.15, 0.2) is 83.7 Å². The minimum Gasteiger partial charge on any atom is -0.494 e. The quantitative estimate of drug-likeness (QED) is 0.241. The second-order valence-corrected chi connectivity index (χ2v) is 10.5. The van der Waals surface area contributed by atoms with Crippen LogP contribution in [0, 0.1) is 0 Å². The first-order chi connectivity index (χ1) is 19.1. The van der Waals surface area contributed by atoms with Gasteiger partial charge in [-0.15, -0.1) is 5.10 Å². The van der Waals surface area contributed by atoms with Crippen LogP contribution < -0.4 is 19.7 Å². The van der Waals surface area contributed by atoms with Gasteiger partial charge in [0.1, 0.15) is 10.3 Å². The number of para-hydroxylation sites is 1. The Kier molecular flexibility index (Phi) is 6.94. The monoisotopic (exact) mass is 536 g/mol. The Labute approximate surface area is 230 Å². The molecule has 1 aliphatic rings. The number of anilines is 1. The first kappa shape index (κ1) is 25.0. The smallest absolute Gasteiger partial charge is 0.291 e. The van der Waals surface area contributed by atoms with Crippen LogP contribution in [0.4, 0.5) is 5.69 Å². The normalized spacial score (nSPS) is 14.3. The second-order valence-electron chi connectivity index (χ2n) is 9.57. The van der Waals surface area contributed by atoms with Gasteiger partial charge in [0.05, 0.1) is 24.4 Å². The Balaban J connectivity index is 1.30. The van der Waals surface area contributed by atoms with Crippen molar-refractivity contribution in [1.82, 2.24) is 14.6 Å². The molecule has 0 aliphatic carbocycles. The fourth-order valence-electron chi connectivity index (χ4n) is 4.85. The Hall–Kier alpha value is -4.30. The number of rotatable bonds is 9. The number of hydrogen-bond donors (Lipinski definition) is 0. The zero-order valence-corrected chi connectivity index (χ0v) is 22.5. The van der Waals surface area contributed by atoms with Crippen molar-refractivity contribution < 1.29 is 9.53 Å². The number of fused-ring (bicyclic) bond motifs is 2. The maximum absolute atomic E-state index is 13.7. The van der Waals surface area contributed by atoms with Gasteiger partial charge in [0.15, 0.2) is 5.82 Å². The molecule has 3 aromatic carbocycles. The summed E-state index contributed by atoms with van der Waals surface area (Å²) in [5.41, 5.74) is 3.45. The lowest BCUT2D eigenvalue weighted by Gasteiger charge is -2.17. The van der Waals surface area contributed by atoms with E-state index in [0.717, 1.165) is 34.5 Å². The van der Waals surface area contributed by atoms with Gasteiger partial charge in [0.2, 0.25) is 4.96 Å². The van der Waals surface area contributed by atoms with Gasteiger partial charge >= 0.3 is 0 Å². The van der Waals surface area contributed by atoms with Crippen LogP contribution in [0.2, 0.25) is 0 Å². The van der Waals surface area contributed by atoms with Crippen molar-refractivity contribution in [1.29, 1.82) is 0 Å². The van der Waals surface area contributed by atoms with Gasteiger partial charge in [-0.1, -0.05) is 86.1 Å². The highest BCUT2D eigenvalue weighted by molar-refractivity contribution is 7.15. The van der Waals surface area contributed by atoms with Gasteiger partial charge in [-0.2, -0.15) is 9.50 Å². The van der Waals surface area contributed by atoms with Crippen LogP contribution in [0.3, 0.4) is 0 Å². The summed E-state index contributed by atoms with van der Waals surface area (Å²) >= 11 is 1.20. The van der Waals surface area contributed by atoms with E-state index in [0.29, 0.717) is 34.0 Å². The summed E-state index contributed by atoms with van der Waals surface area (Å²) in [6, 6.07) is 25.0. The van der Waals surface area contributed by atoms with E-state index < -0.39 is 0 Å². The van der Waals surface area contributed by atoms with Gasteiger partial charge < -0.3 is 9.64 Å². The summed E-state index contributed by atoms with van der Waals surface area (Å²) < 4.78 is 7.49. The highest BCUT2D eigenvalue weighted by Crippen LogP contribution is 2.36. The Morgan fingerprint density at radius 3 is 2.41 bits per heavy atom. The molecule has 3 heterocycles. The van der Waals surface area contributed by atoms with Gasteiger partial charge in [0.25, 0.3) is 11.5 Å². The molecule has 0 radical (unpaired) electrons. The molecule has 0 bridgehead atoms. The van der Waals surface area contributed by atoms with E-state index in [1.807, 2.05) is 78.9 Å². The third-order valence-electron chi connectivity index (χ3n) is 6.87. The van der Waals surface area contributed by atoms with E-state index >= 15 is 0 Å². The molecule has 1 aliphatic heterocycles. The molecule has 0 atom stereocenters. The third kappa shape index (κ3) is 4.83. The molecule has 8 heteroatoms. The van der Waals surface area contributed by atoms with E-state index in [9.17, 15) is 9.59 Å². The summed E-state index contributed by atoms with van der Waals surface area (Å²) in [7, 11) is 0. The van der Waals surface area contributed by atoms with Crippen molar-refractivity contribution in [2.45, 2.75) is 39.2 Å². The molecule has 6 rings (SSSR count). The van der Waals surface area contributed by atoms with Crippen LogP contribution in [0.5, 0.6) is 5.75 Å². The van der Waals surface area contributed by atoms with Crippen molar-refractivity contribution in [2.24, 2.45) is 0 Å². The number of hydrogen-bond acceptors (Lipinski definition) is 6. The molecule has 39 heavy (non-hydrogen) atoms. The minimum atomic E-state index is -0.333. The van der Waals surface area contributed by atoms with E-state index in [1.54, 1.807) is 4.90 Å². The van der Waals surface area contributed by atoms with Crippen LogP contribution in [-0.4, -0.2) is 27.1 Å². The molecule has 2 aromatic heterocycles. The predicted octanol–water partition coefficient (Wildman–Crippen LogP) is 5.24. The SMILES string of the molecule is CCCCCCOc1ccc(-c2nc3sc(=C4C(=O)N(Cc5ccccc5)c5ccccc54)c(=O)n3n2)cc1. The number of aromatic nitrogens is 3. The lowest BCUT2D eigenvalue weighted by atomic mass is 10.1. The maximum Gasteiger partial charge on any atom is 0.291 e. The predicted molar refractivity (Wildman–Crippen MR) is 154 cm³/mol. The Bertz CT molecular complexity index is 1740. The highest BCUT2D eigenvalue weighted by atomic mass is 32.1. The summed E-state index contributed by atoms with van der Waals surface area (Å²) in [4.78, 5) is 34.0.